The maximum Gasteiger partial charge on any atom is 0.241 e. The molecule has 1 atom stereocenters. The second-order valence-corrected chi connectivity index (χ2v) is 10.6. The Morgan fingerprint density at radius 1 is 1.22 bits per heavy atom. The number of likely N-dealkylation sites (tertiary alicyclic amines) is 1. The quantitative estimate of drug-likeness (QED) is 0.545. The van der Waals surface area contributed by atoms with Gasteiger partial charge in [0.15, 0.2) is 0 Å². The fourth-order valence-corrected chi connectivity index (χ4v) is 6.05. The fraction of sp³-hybridized carbons (Fsp3) is 0.640. The van der Waals surface area contributed by atoms with Crippen molar-refractivity contribution in [1.82, 2.24) is 20.4 Å². The molecule has 32 heavy (non-hydrogen) atoms. The Hall–Kier alpha value is -1.86. The third-order valence-corrected chi connectivity index (χ3v) is 7.97. The third-order valence-electron chi connectivity index (χ3n) is 6.51. The van der Waals surface area contributed by atoms with Crippen molar-refractivity contribution in [2.75, 3.05) is 25.4 Å². The zero-order valence-electron chi connectivity index (χ0n) is 19.2. The molecule has 1 amide bonds. The predicted octanol–water partition coefficient (Wildman–Crippen LogP) is 4.83. The van der Waals surface area contributed by atoms with Gasteiger partial charge in [-0.25, -0.2) is 0 Å². The van der Waals surface area contributed by atoms with Crippen LogP contribution in [0.1, 0.15) is 62.8 Å². The number of nitrogens with one attached hydrogen (secondary N) is 1. The van der Waals surface area contributed by atoms with Gasteiger partial charge in [0.05, 0.1) is 12.5 Å². The summed E-state index contributed by atoms with van der Waals surface area (Å²) in [5.74, 6) is 2.64. The van der Waals surface area contributed by atoms with Crippen LogP contribution in [-0.2, 0) is 11.3 Å². The lowest BCUT2D eigenvalue weighted by Crippen LogP contribution is -2.43. The van der Waals surface area contributed by atoms with Gasteiger partial charge in [0.2, 0.25) is 17.6 Å². The van der Waals surface area contributed by atoms with Crippen molar-refractivity contribution in [3.8, 4) is 11.4 Å². The molecule has 2 aliphatic rings. The molecule has 1 aromatic carbocycles. The second kappa shape index (κ2) is 11.8. The largest absolute Gasteiger partial charge is 0.356 e. The van der Waals surface area contributed by atoms with Crippen LogP contribution in [-0.4, -0.2) is 51.6 Å². The molecule has 1 aliphatic carbocycles. The smallest absolute Gasteiger partial charge is 0.241 e. The highest BCUT2D eigenvalue weighted by Gasteiger charge is 2.26. The maximum atomic E-state index is 12.7. The SMILES string of the molecule is Cc1cccc(-c2noc(CN3CCCC(C(=O)NCCCSC4CCCCC4)C3)n2)c1. The first kappa shape index (κ1) is 23.3. The number of aromatic nitrogens is 2. The number of benzene rings is 1. The van der Waals surface area contributed by atoms with Crippen molar-refractivity contribution in [3.05, 3.63) is 35.7 Å². The average Bonchev–Trinajstić information content (AvgIpc) is 3.28. The van der Waals surface area contributed by atoms with E-state index in [-0.39, 0.29) is 11.8 Å². The van der Waals surface area contributed by atoms with Crippen LogP contribution in [0.25, 0.3) is 11.4 Å². The minimum absolute atomic E-state index is 0.0499. The summed E-state index contributed by atoms with van der Waals surface area (Å²) in [4.78, 5) is 19.5. The molecular weight excluding hydrogens is 420 g/mol. The Bertz CT molecular complexity index is 865. The van der Waals surface area contributed by atoms with Gasteiger partial charge in [-0.15, -0.1) is 0 Å². The van der Waals surface area contributed by atoms with Crippen LogP contribution in [0.15, 0.2) is 28.8 Å². The van der Waals surface area contributed by atoms with Crippen molar-refractivity contribution < 1.29 is 9.32 Å². The summed E-state index contributed by atoms with van der Waals surface area (Å²) in [6.07, 6.45) is 9.99. The molecule has 6 nitrogen and oxygen atoms in total. The van der Waals surface area contributed by atoms with Crippen molar-refractivity contribution in [2.24, 2.45) is 5.92 Å². The molecule has 1 saturated carbocycles. The fourth-order valence-electron chi connectivity index (χ4n) is 4.73. The third kappa shape index (κ3) is 6.82. The Morgan fingerprint density at radius 3 is 2.94 bits per heavy atom. The lowest BCUT2D eigenvalue weighted by Gasteiger charge is -2.30. The van der Waals surface area contributed by atoms with Gasteiger partial charge in [-0.2, -0.15) is 16.7 Å². The Kier molecular flexibility index (Phi) is 8.62. The first-order valence-electron chi connectivity index (χ1n) is 12.2. The van der Waals surface area contributed by atoms with Crippen molar-refractivity contribution in [2.45, 2.75) is 70.1 Å². The molecular formula is C25H36N4O2S. The number of carbonyl (C=O) groups is 1. The minimum Gasteiger partial charge on any atom is -0.356 e. The van der Waals surface area contributed by atoms with Gasteiger partial charge in [0.25, 0.3) is 0 Å². The predicted molar refractivity (Wildman–Crippen MR) is 129 cm³/mol. The monoisotopic (exact) mass is 456 g/mol. The van der Waals surface area contributed by atoms with Gasteiger partial charge < -0.3 is 9.84 Å². The molecule has 1 aromatic heterocycles. The van der Waals surface area contributed by atoms with E-state index in [9.17, 15) is 4.79 Å². The molecule has 1 unspecified atom stereocenters. The molecule has 0 spiro atoms. The number of carbonyl (C=O) groups excluding carboxylic acids is 1. The zero-order valence-corrected chi connectivity index (χ0v) is 20.0. The van der Waals surface area contributed by atoms with Crippen LogP contribution < -0.4 is 5.32 Å². The number of hydrogen-bond donors (Lipinski definition) is 1. The van der Waals surface area contributed by atoms with Gasteiger partial charge in [0, 0.05) is 23.9 Å². The van der Waals surface area contributed by atoms with Crippen molar-refractivity contribution in [3.63, 3.8) is 0 Å². The second-order valence-electron chi connectivity index (χ2n) is 9.23. The van der Waals surface area contributed by atoms with E-state index in [0.29, 0.717) is 18.3 Å². The first-order chi connectivity index (χ1) is 15.7. The number of amides is 1. The van der Waals surface area contributed by atoms with Gasteiger partial charge in [0.1, 0.15) is 0 Å². The Balaban J connectivity index is 1.18. The van der Waals surface area contributed by atoms with E-state index in [1.54, 1.807) is 0 Å². The molecule has 0 bridgehead atoms. The van der Waals surface area contributed by atoms with Crippen LogP contribution in [0.5, 0.6) is 0 Å². The van der Waals surface area contributed by atoms with Crippen LogP contribution in [0.2, 0.25) is 0 Å². The molecule has 2 aromatic rings. The van der Waals surface area contributed by atoms with Crippen molar-refractivity contribution >= 4 is 17.7 Å². The van der Waals surface area contributed by atoms with E-state index in [2.05, 4.69) is 51.2 Å². The van der Waals surface area contributed by atoms with Gasteiger partial charge in [-0.1, -0.05) is 48.2 Å². The van der Waals surface area contributed by atoms with E-state index >= 15 is 0 Å². The summed E-state index contributed by atoms with van der Waals surface area (Å²) >= 11 is 2.10. The standard InChI is InChI=1S/C25H36N4O2S/c1-19-8-5-9-20(16-19)24-27-23(31-28-24)18-29-14-6-10-21(17-29)25(30)26-13-7-15-32-22-11-3-2-4-12-22/h5,8-9,16,21-22H,2-4,6-7,10-15,17-18H2,1H3,(H,26,30). The lowest BCUT2D eigenvalue weighted by atomic mass is 9.97. The molecule has 1 N–H and O–H groups in total. The molecule has 174 valence electrons. The molecule has 2 heterocycles. The molecule has 4 rings (SSSR count). The highest BCUT2D eigenvalue weighted by molar-refractivity contribution is 7.99. The van der Waals surface area contributed by atoms with Gasteiger partial charge in [-0.05, 0) is 57.4 Å². The van der Waals surface area contributed by atoms with E-state index in [4.69, 9.17) is 4.52 Å². The van der Waals surface area contributed by atoms with Crippen LogP contribution >= 0.6 is 11.8 Å². The highest BCUT2D eigenvalue weighted by atomic mass is 32.2. The summed E-state index contributed by atoms with van der Waals surface area (Å²) in [7, 11) is 0. The van der Waals surface area contributed by atoms with Crippen LogP contribution in [0.3, 0.4) is 0 Å². The summed E-state index contributed by atoms with van der Waals surface area (Å²) in [6, 6.07) is 8.11. The summed E-state index contributed by atoms with van der Waals surface area (Å²) < 4.78 is 5.49. The van der Waals surface area contributed by atoms with Gasteiger partial charge >= 0.3 is 0 Å². The highest BCUT2D eigenvalue weighted by Crippen LogP contribution is 2.28. The van der Waals surface area contributed by atoms with Crippen LogP contribution in [0.4, 0.5) is 0 Å². The van der Waals surface area contributed by atoms with E-state index in [1.807, 2.05) is 12.1 Å². The first-order valence-corrected chi connectivity index (χ1v) is 13.2. The Morgan fingerprint density at radius 2 is 2.09 bits per heavy atom. The normalized spacial score (nSPS) is 20.3. The zero-order chi connectivity index (χ0) is 22.2. The molecule has 7 heteroatoms. The number of thioether (sulfide) groups is 1. The van der Waals surface area contributed by atoms with Gasteiger partial charge in [-0.3, -0.25) is 9.69 Å². The molecule has 2 fully saturated rings. The number of rotatable bonds is 9. The van der Waals surface area contributed by atoms with Crippen LogP contribution in [0, 0.1) is 12.8 Å². The summed E-state index contributed by atoms with van der Waals surface area (Å²) in [5.41, 5.74) is 2.14. The average molecular weight is 457 g/mol. The Labute approximate surface area is 195 Å². The number of aryl methyl sites for hydroxylation is 1. The summed E-state index contributed by atoms with van der Waals surface area (Å²) in [5, 5.41) is 8.17. The van der Waals surface area contributed by atoms with E-state index in [0.717, 1.165) is 55.5 Å². The number of piperidine rings is 1. The minimum atomic E-state index is 0.0499. The summed E-state index contributed by atoms with van der Waals surface area (Å²) in [6.45, 7) is 5.16. The maximum absolute atomic E-state index is 12.7. The molecule has 1 aliphatic heterocycles. The van der Waals surface area contributed by atoms with Crippen molar-refractivity contribution in [1.29, 1.82) is 0 Å². The lowest BCUT2D eigenvalue weighted by molar-refractivity contribution is -0.126. The molecule has 0 radical (unpaired) electrons. The van der Waals surface area contributed by atoms with E-state index < -0.39 is 0 Å². The number of nitrogens with zero attached hydrogens (tertiary/aromatic N) is 3. The number of hydrogen-bond acceptors (Lipinski definition) is 6. The molecule has 1 saturated heterocycles. The van der Waals surface area contributed by atoms with E-state index in [1.165, 1.54) is 37.7 Å². The topological polar surface area (TPSA) is 71.3 Å².